The number of benzene rings is 1. The number of aromatic amines is 1. The standard InChI is InChI=1S/C19H24ClN5O.HI/c1-4-21-19(24-11-18-25-12(2)13(3)26-18)22-8-7-14-10-23-17-6-5-15(20)9-16(14)17;/h5-6,9-10,23H,4,7-8,11H2,1-3H3,(H2,21,22,24);1H. The molecule has 146 valence electrons. The molecule has 0 bridgehead atoms. The molecule has 0 atom stereocenters. The Morgan fingerprint density at radius 1 is 1.30 bits per heavy atom. The van der Waals surface area contributed by atoms with Gasteiger partial charge in [-0.3, -0.25) is 0 Å². The van der Waals surface area contributed by atoms with Crippen molar-refractivity contribution in [3.63, 3.8) is 0 Å². The van der Waals surface area contributed by atoms with E-state index in [1.165, 1.54) is 5.56 Å². The number of aliphatic imine (C=N–C) groups is 1. The summed E-state index contributed by atoms with van der Waals surface area (Å²) in [6.07, 6.45) is 2.90. The molecule has 3 rings (SSSR count). The molecular formula is C19H25ClIN5O. The van der Waals surface area contributed by atoms with Crippen molar-refractivity contribution in [2.75, 3.05) is 13.1 Å². The fraction of sp³-hybridized carbons (Fsp3) is 0.368. The highest BCUT2D eigenvalue weighted by Gasteiger charge is 2.07. The van der Waals surface area contributed by atoms with E-state index in [9.17, 15) is 0 Å². The number of aryl methyl sites for hydroxylation is 2. The summed E-state index contributed by atoms with van der Waals surface area (Å²) >= 11 is 6.11. The second-order valence-electron chi connectivity index (χ2n) is 6.12. The van der Waals surface area contributed by atoms with Gasteiger partial charge < -0.3 is 20.0 Å². The molecule has 3 N–H and O–H groups in total. The normalized spacial score (nSPS) is 11.5. The Morgan fingerprint density at radius 2 is 2.11 bits per heavy atom. The monoisotopic (exact) mass is 501 g/mol. The van der Waals surface area contributed by atoms with Crippen molar-refractivity contribution in [1.29, 1.82) is 0 Å². The number of aromatic nitrogens is 2. The van der Waals surface area contributed by atoms with E-state index < -0.39 is 0 Å². The Morgan fingerprint density at radius 3 is 2.81 bits per heavy atom. The first-order chi connectivity index (χ1) is 12.6. The predicted octanol–water partition coefficient (Wildman–Crippen LogP) is 4.34. The quantitative estimate of drug-likeness (QED) is 0.267. The minimum atomic E-state index is 0. The van der Waals surface area contributed by atoms with Crippen LogP contribution in [0, 0.1) is 13.8 Å². The summed E-state index contributed by atoms with van der Waals surface area (Å²) in [5.74, 6) is 2.22. The van der Waals surface area contributed by atoms with Crippen LogP contribution in [0.3, 0.4) is 0 Å². The van der Waals surface area contributed by atoms with E-state index in [2.05, 4.69) is 25.6 Å². The van der Waals surface area contributed by atoms with Crippen LogP contribution < -0.4 is 10.6 Å². The number of nitrogens with one attached hydrogen (secondary N) is 3. The molecule has 0 aliphatic carbocycles. The van der Waals surface area contributed by atoms with E-state index in [1.54, 1.807) is 0 Å². The van der Waals surface area contributed by atoms with E-state index in [-0.39, 0.29) is 24.0 Å². The van der Waals surface area contributed by atoms with Gasteiger partial charge in [-0.1, -0.05) is 11.6 Å². The van der Waals surface area contributed by atoms with E-state index >= 15 is 0 Å². The van der Waals surface area contributed by atoms with Crippen LogP contribution in [0.15, 0.2) is 33.8 Å². The van der Waals surface area contributed by atoms with E-state index in [0.29, 0.717) is 12.4 Å². The fourth-order valence-electron chi connectivity index (χ4n) is 2.77. The van der Waals surface area contributed by atoms with Crippen LogP contribution in [0.4, 0.5) is 0 Å². The van der Waals surface area contributed by atoms with Crippen LogP contribution in [0.25, 0.3) is 10.9 Å². The molecule has 3 aromatic rings. The van der Waals surface area contributed by atoms with E-state index in [4.69, 9.17) is 16.0 Å². The molecule has 0 radical (unpaired) electrons. The highest BCUT2D eigenvalue weighted by molar-refractivity contribution is 14.0. The number of oxazole rings is 1. The second-order valence-corrected chi connectivity index (χ2v) is 6.56. The summed E-state index contributed by atoms with van der Waals surface area (Å²) in [6.45, 7) is 7.84. The van der Waals surface area contributed by atoms with Crippen molar-refractivity contribution < 1.29 is 4.42 Å². The number of rotatable bonds is 6. The van der Waals surface area contributed by atoms with Crippen LogP contribution in [0.5, 0.6) is 0 Å². The summed E-state index contributed by atoms with van der Waals surface area (Å²) in [7, 11) is 0. The molecule has 0 fully saturated rings. The minimum Gasteiger partial charge on any atom is -0.444 e. The summed E-state index contributed by atoms with van der Waals surface area (Å²) in [6, 6.07) is 5.89. The molecule has 6 nitrogen and oxygen atoms in total. The first-order valence-electron chi connectivity index (χ1n) is 8.77. The molecule has 8 heteroatoms. The highest BCUT2D eigenvalue weighted by atomic mass is 127. The number of halogens is 2. The van der Waals surface area contributed by atoms with Gasteiger partial charge in [-0.05, 0) is 51.0 Å². The minimum absolute atomic E-state index is 0. The maximum absolute atomic E-state index is 6.11. The maximum Gasteiger partial charge on any atom is 0.216 e. The molecule has 0 saturated carbocycles. The van der Waals surface area contributed by atoms with Crippen molar-refractivity contribution in [2.45, 2.75) is 33.7 Å². The summed E-state index contributed by atoms with van der Waals surface area (Å²) in [5, 5.41) is 8.50. The first kappa shape index (κ1) is 21.6. The van der Waals surface area contributed by atoms with Gasteiger partial charge in [0, 0.05) is 35.2 Å². The lowest BCUT2D eigenvalue weighted by Crippen LogP contribution is -2.38. The average molecular weight is 502 g/mol. The molecule has 0 aliphatic rings. The Labute approximate surface area is 181 Å². The molecule has 2 heterocycles. The number of H-pyrrole nitrogens is 1. The van der Waals surface area contributed by atoms with Crippen LogP contribution in [0.2, 0.25) is 5.02 Å². The van der Waals surface area contributed by atoms with Crippen LogP contribution in [-0.4, -0.2) is 29.0 Å². The van der Waals surface area contributed by atoms with Crippen molar-refractivity contribution in [3.05, 3.63) is 52.3 Å². The molecular weight excluding hydrogens is 477 g/mol. The fourth-order valence-corrected chi connectivity index (χ4v) is 2.94. The van der Waals surface area contributed by atoms with Gasteiger partial charge in [-0.2, -0.15) is 0 Å². The Balaban J connectivity index is 0.00000261. The van der Waals surface area contributed by atoms with E-state index in [1.807, 2.05) is 45.2 Å². The first-order valence-corrected chi connectivity index (χ1v) is 9.15. The maximum atomic E-state index is 6.11. The number of nitrogens with zero attached hydrogens (tertiary/aromatic N) is 2. The number of guanidine groups is 1. The summed E-state index contributed by atoms with van der Waals surface area (Å²) < 4.78 is 5.58. The van der Waals surface area contributed by atoms with Crippen LogP contribution >= 0.6 is 35.6 Å². The zero-order chi connectivity index (χ0) is 18.5. The third-order valence-electron chi connectivity index (χ3n) is 4.21. The van der Waals surface area contributed by atoms with Gasteiger partial charge in [0.05, 0.1) is 5.69 Å². The SMILES string of the molecule is CCNC(=NCc1nc(C)c(C)o1)NCCc1c[nH]c2ccc(Cl)cc12.I. The molecule has 0 saturated heterocycles. The zero-order valence-corrected chi connectivity index (χ0v) is 18.8. The Bertz CT molecular complexity index is 899. The van der Waals surface area contributed by atoms with Gasteiger partial charge in [0.15, 0.2) is 5.96 Å². The van der Waals surface area contributed by atoms with Crippen molar-refractivity contribution in [2.24, 2.45) is 4.99 Å². The van der Waals surface area contributed by atoms with Gasteiger partial charge in [0.1, 0.15) is 12.3 Å². The van der Waals surface area contributed by atoms with Gasteiger partial charge in [0.25, 0.3) is 0 Å². The number of hydrogen-bond acceptors (Lipinski definition) is 3. The third-order valence-corrected chi connectivity index (χ3v) is 4.44. The molecule has 1 aromatic carbocycles. The highest BCUT2D eigenvalue weighted by Crippen LogP contribution is 2.22. The van der Waals surface area contributed by atoms with Crippen molar-refractivity contribution >= 4 is 52.4 Å². The second kappa shape index (κ2) is 9.98. The predicted molar refractivity (Wildman–Crippen MR) is 121 cm³/mol. The average Bonchev–Trinajstić information content (AvgIpc) is 3.15. The molecule has 2 aromatic heterocycles. The van der Waals surface area contributed by atoms with Gasteiger partial charge >= 0.3 is 0 Å². The largest absolute Gasteiger partial charge is 0.444 e. The lowest BCUT2D eigenvalue weighted by atomic mass is 10.1. The van der Waals surface area contributed by atoms with Gasteiger partial charge in [-0.25, -0.2) is 9.98 Å². The Kier molecular flexibility index (Phi) is 7.97. The van der Waals surface area contributed by atoms with Crippen LogP contribution in [0.1, 0.15) is 29.8 Å². The van der Waals surface area contributed by atoms with Gasteiger partial charge in [0.2, 0.25) is 5.89 Å². The van der Waals surface area contributed by atoms with E-state index in [0.717, 1.165) is 52.8 Å². The molecule has 27 heavy (non-hydrogen) atoms. The molecule has 0 spiro atoms. The zero-order valence-electron chi connectivity index (χ0n) is 15.7. The number of hydrogen-bond donors (Lipinski definition) is 3. The summed E-state index contributed by atoms with van der Waals surface area (Å²) in [4.78, 5) is 12.2. The smallest absolute Gasteiger partial charge is 0.216 e. The molecule has 0 amide bonds. The topological polar surface area (TPSA) is 78.2 Å². The van der Waals surface area contributed by atoms with Crippen molar-refractivity contribution in [3.8, 4) is 0 Å². The van der Waals surface area contributed by atoms with Crippen LogP contribution in [-0.2, 0) is 13.0 Å². The number of fused-ring (bicyclic) bond motifs is 1. The lowest BCUT2D eigenvalue weighted by molar-refractivity contribution is 0.473. The third kappa shape index (κ3) is 5.62. The Hall–Kier alpha value is -1.74. The lowest BCUT2D eigenvalue weighted by Gasteiger charge is -2.10. The molecule has 0 unspecified atom stereocenters. The van der Waals surface area contributed by atoms with Crippen molar-refractivity contribution in [1.82, 2.24) is 20.6 Å². The molecule has 0 aliphatic heterocycles. The van der Waals surface area contributed by atoms with Gasteiger partial charge in [-0.15, -0.1) is 24.0 Å². The summed E-state index contributed by atoms with van der Waals surface area (Å²) in [5.41, 5.74) is 3.23.